The first kappa shape index (κ1) is 14.2. The minimum absolute atomic E-state index is 0.152. The second-order valence-corrected chi connectivity index (χ2v) is 6.49. The van der Waals surface area contributed by atoms with Gasteiger partial charge in [-0.1, -0.05) is 19.1 Å². The Morgan fingerprint density at radius 3 is 2.59 bits per heavy atom. The van der Waals surface area contributed by atoms with E-state index in [1.54, 1.807) is 25.2 Å². The molecular weight excluding hydrogens is 236 g/mol. The van der Waals surface area contributed by atoms with Crippen LogP contribution in [0.5, 0.6) is 0 Å². The van der Waals surface area contributed by atoms with E-state index in [0.717, 1.165) is 5.56 Å². The van der Waals surface area contributed by atoms with Gasteiger partial charge in [0.1, 0.15) is 0 Å². The summed E-state index contributed by atoms with van der Waals surface area (Å²) in [7, 11) is -1.80. The number of nitrogens with zero attached hydrogens (tertiary/aromatic N) is 1. The van der Waals surface area contributed by atoms with Crippen LogP contribution in [-0.2, 0) is 10.0 Å². The van der Waals surface area contributed by atoms with Gasteiger partial charge in [-0.05, 0) is 37.1 Å². The van der Waals surface area contributed by atoms with Gasteiger partial charge in [0.15, 0.2) is 0 Å². The molecule has 2 N–H and O–H groups in total. The van der Waals surface area contributed by atoms with Crippen LogP contribution in [-0.4, -0.2) is 32.9 Å². The molecule has 0 radical (unpaired) electrons. The summed E-state index contributed by atoms with van der Waals surface area (Å²) in [5.74, 6) is 0.152. The SMILES string of the molecule is Cc1cccc(S(=O)(=O)N(C)CC(C)CN)c1. The predicted molar refractivity (Wildman–Crippen MR) is 69.2 cm³/mol. The number of aryl methyl sites for hydroxylation is 1. The molecule has 0 aliphatic rings. The van der Waals surface area contributed by atoms with Crippen molar-refractivity contribution in [3.05, 3.63) is 29.8 Å². The van der Waals surface area contributed by atoms with Crippen LogP contribution in [0.25, 0.3) is 0 Å². The third kappa shape index (κ3) is 3.52. The molecule has 0 aliphatic carbocycles. The van der Waals surface area contributed by atoms with E-state index >= 15 is 0 Å². The van der Waals surface area contributed by atoms with Crippen LogP contribution in [0, 0.1) is 12.8 Å². The minimum Gasteiger partial charge on any atom is -0.330 e. The van der Waals surface area contributed by atoms with E-state index in [4.69, 9.17) is 5.73 Å². The quantitative estimate of drug-likeness (QED) is 0.861. The van der Waals surface area contributed by atoms with E-state index in [-0.39, 0.29) is 5.92 Å². The smallest absolute Gasteiger partial charge is 0.242 e. The summed E-state index contributed by atoms with van der Waals surface area (Å²) in [5.41, 5.74) is 6.44. The molecule has 1 aromatic rings. The van der Waals surface area contributed by atoms with Gasteiger partial charge in [0.25, 0.3) is 0 Å². The van der Waals surface area contributed by atoms with Crippen LogP contribution in [0.15, 0.2) is 29.2 Å². The Hall–Kier alpha value is -0.910. The van der Waals surface area contributed by atoms with Crippen LogP contribution in [0.3, 0.4) is 0 Å². The number of benzene rings is 1. The molecule has 0 fully saturated rings. The van der Waals surface area contributed by atoms with Crippen molar-refractivity contribution in [3.63, 3.8) is 0 Å². The molecule has 0 amide bonds. The molecule has 17 heavy (non-hydrogen) atoms. The molecule has 0 heterocycles. The van der Waals surface area contributed by atoms with Gasteiger partial charge in [-0.2, -0.15) is 0 Å². The van der Waals surface area contributed by atoms with E-state index < -0.39 is 10.0 Å². The van der Waals surface area contributed by atoms with Crippen molar-refractivity contribution in [2.45, 2.75) is 18.7 Å². The summed E-state index contributed by atoms with van der Waals surface area (Å²) in [5, 5.41) is 0. The second-order valence-electron chi connectivity index (χ2n) is 4.44. The summed E-state index contributed by atoms with van der Waals surface area (Å²) in [6.07, 6.45) is 0. The number of nitrogens with two attached hydrogens (primary N) is 1. The fourth-order valence-corrected chi connectivity index (χ4v) is 2.96. The third-order valence-corrected chi connectivity index (χ3v) is 4.49. The van der Waals surface area contributed by atoms with Crippen molar-refractivity contribution in [2.24, 2.45) is 11.7 Å². The Morgan fingerprint density at radius 2 is 2.06 bits per heavy atom. The van der Waals surface area contributed by atoms with Gasteiger partial charge in [0.2, 0.25) is 10.0 Å². The Morgan fingerprint density at radius 1 is 1.41 bits per heavy atom. The predicted octanol–water partition coefficient (Wildman–Crippen LogP) is 1.21. The highest BCUT2D eigenvalue weighted by molar-refractivity contribution is 7.89. The minimum atomic E-state index is -3.39. The lowest BCUT2D eigenvalue weighted by molar-refractivity contribution is 0.405. The highest BCUT2D eigenvalue weighted by Crippen LogP contribution is 2.16. The molecule has 0 saturated carbocycles. The Bertz CT molecular complexity index is 471. The van der Waals surface area contributed by atoms with Crippen molar-refractivity contribution >= 4 is 10.0 Å². The molecule has 1 rings (SSSR count). The van der Waals surface area contributed by atoms with Crippen LogP contribution in [0.4, 0.5) is 0 Å². The fraction of sp³-hybridized carbons (Fsp3) is 0.500. The molecule has 1 atom stereocenters. The molecule has 4 nitrogen and oxygen atoms in total. The van der Waals surface area contributed by atoms with Crippen molar-refractivity contribution in [3.8, 4) is 0 Å². The summed E-state index contributed by atoms with van der Waals surface area (Å²) in [6.45, 7) is 4.73. The van der Waals surface area contributed by atoms with E-state index in [0.29, 0.717) is 18.0 Å². The molecule has 96 valence electrons. The lowest BCUT2D eigenvalue weighted by Crippen LogP contribution is -2.33. The largest absolute Gasteiger partial charge is 0.330 e. The molecule has 0 spiro atoms. The molecule has 0 aliphatic heterocycles. The van der Waals surface area contributed by atoms with Crippen LogP contribution < -0.4 is 5.73 Å². The van der Waals surface area contributed by atoms with Gasteiger partial charge in [-0.25, -0.2) is 12.7 Å². The molecule has 0 bridgehead atoms. The molecule has 1 unspecified atom stereocenters. The summed E-state index contributed by atoms with van der Waals surface area (Å²) >= 11 is 0. The monoisotopic (exact) mass is 256 g/mol. The van der Waals surface area contributed by atoms with Crippen molar-refractivity contribution < 1.29 is 8.42 Å². The first-order chi connectivity index (χ1) is 7.87. The van der Waals surface area contributed by atoms with Crippen molar-refractivity contribution in [1.82, 2.24) is 4.31 Å². The fourth-order valence-electron chi connectivity index (χ4n) is 1.57. The van der Waals surface area contributed by atoms with E-state index in [1.165, 1.54) is 4.31 Å². The average Bonchev–Trinajstić information content (AvgIpc) is 2.28. The van der Waals surface area contributed by atoms with Gasteiger partial charge < -0.3 is 5.73 Å². The molecular formula is C12H20N2O2S. The Labute approximate surface area is 103 Å². The zero-order chi connectivity index (χ0) is 13.1. The lowest BCUT2D eigenvalue weighted by Gasteiger charge is -2.20. The van der Waals surface area contributed by atoms with Crippen LogP contribution >= 0.6 is 0 Å². The highest BCUT2D eigenvalue weighted by atomic mass is 32.2. The van der Waals surface area contributed by atoms with E-state index in [9.17, 15) is 8.42 Å². The van der Waals surface area contributed by atoms with Crippen LogP contribution in [0.2, 0.25) is 0 Å². The number of sulfonamides is 1. The first-order valence-corrected chi connectivity index (χ1v) is 7.05. The van der Waals surface area contributed by atoms with E-state index in [1.807, 2.05) is 19.9 Å². The zero-order valence-electron chi connectivity index (χ0n) is 10.6. The standard InChI is InChI=1S/C12H20N2O2S/c1-10-5-4-6-12(7-10)17(15,16)14(3)9-11(2)8-13/h4-7,11H,8-9,13H2,1-3H3. The second kappa shape index (κ2) is 5.62. The number of hydrogen-bond acceptors (Lipinski definition) is 3. The first-order valence-electron chi connectivity index (χ1n) is 5.61. The topological polar surface area (TPSA) is 63.4 Å². The van der Waals surface area contributed by atoms with Gasteiger partial charge in [-0.3, -0.25) is 0 Å². The maximum atomic E-state index is 12.2. The molecule has 5 heteroatoms. The number of rotatable bonds is 5. The molecule has 0 aromatic heterocycles. The zero-order valence-corrected chi connectivity index (χ0v) is 11.4. The normalized spacial score (nSPS) is 13.9. The van der Waals surface area contributed by atoms with Gasteiger partial charge >= 0.3 is 0 Å². The van der Waals surface area contributed by atoms with Gasteiger partial charge in [0.05, 0.1) is 4.90 Å². The summed E-state index contributed by atoms with van der Waals surface area (Å²) in [6, 6.07) is 6.93. The average molecular weight is 256 g/mol. The van der Waals surface area contributed by atoms with E-state index in [2.05, 4.69) is 0 Å². The molecule has 0 saturated heterocycles. The Kier molecular flexibility index (Phi) is 4.68. The van der Waals surface area contributed by atoms with Crippen molar-refractivity contribution in [1.29, 1.82) is 0 Å². The van der Waals surface area contributed by atoms with Gasteiger partial charge in [-0.15, -0.1) is 0 Å². The lowest BCUT2D eigenvalue weighted by atomic mass is 10.2. The summed E-state index contributed by atoms with van der Waals surface area (Å²) < 4.78 is 25.8. The van der Waals surface area contributed by atoms with Crippen LogP contribution in [0.1, 0.15) is 12.5 Å². The van der Waals surface area contributed by atoms with Crippen molar-refractivity contribution in [2.75, 3.05) is 20.1 Å². The Balaban J connectivity index is 2.95. The number of hydrogen-bond donors (Lipinski definition) is 1. The molecule has 1 aromatic carbocycles. The summed E-state index contributed by atoms with van der Waals surface area (Å²) in [4.78, 5) is 0.337. The third-order valence-electron chi connectivity index (χ3n) is 2.67. The highest BCUT2D eigenvalue weighted by Gasteiger charge is 2.21. The maximum Gasteiger partial charge on any atom is 0.242 e. The maximum absolute atomic E-state index is 12.2. The van der Waals surface area contributed by atoms with Gasteiger partial charge in [0, 0.05) is 13.6 Å².